The van der Waals surface area contributed by atoms with Crippen LogP contribution in [0, 0.1) is 27.7 Å². The van der Waals surface area contributed by atoms with Crippen LogP contribution in [0.2, 0.25) is 0 Å². The Morgan fingerprint density at radius 2 is 1.00 bits per heavy atom. The molecule has 0 nitrogen and oxygen atoms in total. The molecule has 0 aliphatic rings. The first-order chi connectivity index (χ1) is 19.4. The van der Waals surface area contributed by atoms with Gasteiger partial charge in [0.25, 0.3) is 0 Å². The Balaban J connectivity index is 0.000000171. The Hall–Kier alpha value is -3.09. The molecule has 0 N–H and O–H groups in total. The molecule has 0 amide bonds. The molecule has 0 unspecified atom stereocenters. The molecule has 0 aromatic heterocycles. The van der Waals surface area contributed by atoms with Gasteiger partial charge in [0, 0.05) is 0 Å². The molecule has 0 aliphatic heterocycles. The van der Waals surface area contributed by atoms with Crippen LogP contribution in [0.25, 0.3) is 32.3 Å². The molecule has 0 saturated heterocycles. The summed E-state index contributed by atoms with van der Waals surface area (Å²) in [5, 5.41) is 8.24. The van der Waals surface area contributed by atoms with Gasteiger partial charge < -0.3 is 24.8 Å². The molecule has 210 valence electrons. The van der Waals surface area contributed by atoms with Gasteiger partial charge in [0.15, 0.2) is 0 Å². The van der Waals surface area contributed by atoms with Crippen LogP contribution in [0.4, 0.5) is 0 Å². The quantitative estimate of drug-likeness (QED) is 0.242. The molecule has 0 heterocycles. The van der Waals surface area contributed by atoms with Crippen LogP contribution < -0.4 is 24.8 Å². The SMILES string of the molecule is Cc1ccc(C)c2[cH-]ccc12.Cc1ccc2c(c1)[cH-]c1cc(C)ccc12.[Cl-].[Cl-].[Zr+2]=[C](c1ccccc1)c1ccccc1. The van der Waals surface area contributed by atoms with Crippen molar-refractivity contribution in [1.29, 1.82) is 0 Å². The summed E-state index contributed by atoms with van der Waals surface area (Å²) in [6.07, 6.45) is 0. The normalized spacial score (nSPS) is 10.1. The van der Waals surface area contributed by atoms with Gasteiger partial charge in [-0.2, -0.15) is 12.1 Å². The summed E-state index contributed by atoms with van der Waals surface area (Å²) in [4.78, 5) is 0. The number of fused-ring (bicyclic) bond motifs is 4. The summed E-state index contributed by atoms with van der Waals surface area (Å²) in [7, 11) is 0. The molecular weight excluding hydrogens is 631 g/mol. The molecule has 7 rings (SSSR count). The molecule has 7 aromatic carbocycles. The first-order valence-corrected chi connectivity index (χ1v) is 15.0. The first-order valence-electron chi connectivity index (χ1n) is 13.8. The Kier molecular flexibility index (Phi) is 12.3. The van der Waals surface area contributed by atoms with Crippen LogP contribution in [0.15, 0.2) is 133 Å². The van der Waals surface area contributed by atoms with E-state index in [-0.39, 0.29) is 24.8 Å². The molecule has 7 aromatic rings. The predicted molar refractivity (Wildman–Crippen MR) is 172 cm³/mol. The third-order valence-electron chi connectivity index (χ3n) is 7.39. The summed E-state index contributed by atoms with van der Waals surface area (Å²) in [6, 6.07) is 47.5. The zero-order valence-corrected chi connectivity index (χ0v) is 28.4. The van der Waals surface area contributed by atoms with E-state index in [0.717, 1.165) is 0 Å². The average Bonchev–Trinajstić information content (AvgIpc) is 3.62. The number of hydrogen-bond donors (Lipinski definition) is 0. The third kappa shape index (κ3) is 7.84. The van der Waals surface area contributed by atoms with E-state index in [4.69, 9.17) is 0 Å². The molecule has 0 spiro atoms. The van der Waals surface area contributed by atoms with Crippen molar-refractivity contribution < 1.29 is 49.0 Å². The van der Waals surface area contributed by atoms with Crippen molar-refractivity contribution in [3.63, 3.8) is 0 Å². The molecule has 0 atom stereocenters. The van der Waals surface area contributed by atoms with Gasteiger partial charge in [0.2, 0.25) is 0 Å². The molecule has 0 fully saturated rings. The Bertz CT molecular complexity index is 1760. The zero-order valence-electron chi connectivity index (χ0n) is 24.5. The Labute approximate surface area is 277 Å². The Morgan fingerprint density at radius 1 is 0.524 bits per heavy atom. The molecule has 0 bridgehead atoms. The third-order valence-corrected chi connectivity index (χ3v) is 8.81. The second-order valence-electron chi connectivity index (χ2n) is 10.5. The van der Waals surface area contributed by atoms with Gasteiger partial charge in [0.1, 0.15) is 0 Å². The van der Waals surface area contributed by atoms with Gasteiger partial charge in [-0.25, -0.2) is 0 Å². The van der Waals surface area contributed by atoms with Crippen molar-refractivity contribution in [3.05, 3.63) is 167 Å². The van der Waals surface area contributed by atoms with Crippen molar-refractivity contribution in [1.82, 2.24) is 0 Å². The fourth-order valence-corrected chi connectivity index (χ4v) is 5.99. The van der Waals surface area contributed by atoms with E-state index in [1.165, 1.54) is 93.1 Å². The average molecular weight is 665 g/mol. The van der Waals surface area contributed by atoms with Gasteiger partial charge in [-0.1, -0.05) is 53.9 Å². The first kappa shape index (κ1) is 33.4. The van der Waals surface area contributed by atoms with E-state index in [9.17, 15) is 0 Å². The van der Waals surface area contributed by atoms with Crippen LogP contribution in [0.5, 0.6) is 0 Å². The van der Waals surface area contributed by atoms with E-state index in [2.05, 4.69) is 161 Å². The van der Waals surface area contributed by atoms with Gasteiger partial charge in [-0.3, -0.25) is 0 Å². The van der Waals surface area contributed by atoms with Crippen LogP contribution in [0.3, 0.4) is 0 Å². The number of rotatable bonds is 2. The van der Waals surface area contributed by atoms with Crippen LogP contribution in [-0.2, 0) is 24.2 Å². The van der Waals surface area contributed by atoms with Gasteiger partial charge in [-0.15, -0.1) is 68.2 Å². The van der Waals surface area contributed by atoms with Crippen molar-refractivity contribution in [2.75, 3.05) is 0 Å². The van der Waals surface area contributed by atoms with Crippen molar-refractivity contribution in [2.24, 2.45) is 0 Å². The topological polar surface area (TPSA) is 0 Å². The minimum atomic E-state index is 0. The molecule has 42 heavy (non-hydrogen) atoms. The minimum absolute atomic E-state index is 0. The number of aryl methyl sites for hydroxylation is 4. The summed E-state index contributed by atoms with van der Waals surface area (Å²) in [5.41, 5.74) is 8.06. The van der Waals surface area contributed by atoms with Crippen molar-refractivity contribution in [3.8, 4) is 0 Å². The van der Waals surface area contributed by atoms with Crippen molar-refractivity contribution in [2.45, 2.75) is 27.7 Å². The van der Waals surface area contributed by atoms with Crippen molar-refractivity contribution >= 4 is 35.5 Å². The number of benzene rings is 5. The maximum atomic E-state index is 2.28. The summed E-state index contributed by atoms with van der Waals surface area (Å²) >= 11 is 1.46. The van der Waals surface area contributed by atoms with Gasteiger partial charge in [0.05, 0.1) is 0 Å². The van der Waals surface area contributed by atoms with E-state index in [1.54, 1.807) is 0 Å². The molecule has 0 saturated carbocycles. The predicted octanol–water partition coefficient (Wildman–Crippen LogP) is 4.31. The molecule has 3 heteroatoms. The standard InChI is InChI=1S/C15H13.C13H10.C11H11.2ClH.Zr/c1-10-3-5-14-12(7-10)9-13-8-11(2)4-6-15(13)14;1-3-7-12(8-4-1)11-13-9-5-2-6-10-13;1-8-6-7-9(2)11-5-3-4-10(8)11;;;/h3-9H,1-2H3;1-10H;3-7H,1-2H3;2*1H;/q-1;;-1;;;+2/p-2. The number of halogens is 2. The Morgan fingerprint density at radius 3 is 1.48 bits per heavy atom. The summed E-state index contributed by atoms with van der Waals surface area (Å²) in [6.45, 7) is 8.59. The number of hydrogen-bond acceptors (Lipinski definition) is 0. The van der Waals surface area contributed by atoms with E-state index < -0.39 is 0 Å². The fraction of sp³-hybridized carbons (Fsp3) is 0.103. The molecule has 0 radical (unpaired) electrons. The second-order valence-corrected chi connectivity index (χ2v) is 11.7. The van der Waals surface area contributed by atoms with Gasteiger partial charge >= 0.3 is 99.2 Å². The summed E-state index contributed by atoms with van der Waals surface area (Å²) in [5.74, 6) is 0. The van der Waals surface area contributed by atoms with E-state index >= 15 is 0 Å². The fourth-order valence-electron chi connectivity index (χ4n) is 5.17. The summed E-state index contributed by atoms with van der Waals surface area (Å²) < 4.78 is 1.42. The zero-order chi connectivity index (χ0) is 28.1. The van der Waals surface area contributed by atoms with Crippen LogP contribution >= 0.6 is 0 Å². The maximum absolute atomic E-state index is 2.28. The van der Waals surface area contributed by atoms with E-state index in [1.807, 2.05) is 0 Å². The molecular formula is C39H34Cl2Zr-2. The van der Waals surface area contributed by atoms with Gasteiger partial charge in [-0.05, 0) is 20.8 Å². The second kappa shape index (κ2) is 15.4. The van der Waals surface area contributed by atoms with Crippen LogP contribution in [-0.4, -0.2) is 3.21 Å². The monoisotopic (exact) mass is 662 g/mol. The van der Waals surface area contributed by atoms with Crippen LogP contribution in [0.1, 0.15) is 33.4 Å². The van der Waals surface area contributed by atoms with E-state index in [0.29, 0.717) is 0 Å². The molecule has 0 aliphatic carbocycles.